The minimum Gasteiger partial charge on any atom is -0.480 e. The van der Waals surface area contributed by atoms with Crippen LogP contribution in [0.25, 0.3) is 0 Å². The van der Waals surface area contributed by atoms with E-state index in [-0.39, 0.29) is 5.91 Å². The maximum Gasteiger partial charge on any atom is 0.326 e. The van der Waals surface area contributed by atoms with E-state index in [4.69, 9.17) is 5.11 Å². The number of carbonyl (C=O) groups excluding carboxylic acids is 1. The van der Waals surface area contributed by atoms with Crippen molar-refractivity contribution < 1.29 is 14.7 Å². The molecule has 0 saturated carbocycles. The van der Waals surface area contributed by atoms with Crippen LogP contribution < -0.4 is 5.32 Å². The van der Waals surface area contributed by atoms with E-state index in [9.17, 15) is 9.59 Å². The third-order valence-electron chi connectivity index (χ3n) is 2.33. The van der Waals surface area contributed by atoms with Crippen LogP contribution in [0.5, 0.6) is 0 Å². The molecule has 0 aliphatic heterocycles. The zero-order valence-electron chi connectivity index (χ0n) is 9.51. The minimum atomic E-state index is -1.04. The molecule has 1 amide bonds. The molecular weight excluding hydrogens is 238 g/mol. The highest BCUT2D eigenvalue weighted by Crippen LogP contribution is 2.04. The summed E-state index contributed by atoms with van der Waals surface area (Å²) in [5, 5.41) is 11.4. The van der Waals surface area contributed by atoms with Crippen LogP contribution in [0.3, 0.4) is 0 Å². The van der Waals surface area contributed by atoms with E-state index < -0.39 is 12.0 Å². The molecule has 4 nitrogen and oxygen atoms in total. The Hall–Kier alpha value is -1.49. The molecule has 0 aromatic heterocycles. The summed E-state index contributed by atoms with van der Waals surface area (Å²) in [5.41, 5.74) is 1.51. The zero-order valence-corrected chi connectivity index (χ0v) is 10.4. The van der Waals surface area contributed by atoms with E-state index >= 15 is 0 Å². The molecule has 1 atom stereocenters. The molecule has 5 heteroatoms. The molecule has 0 saturated heterocycles. The molecule has 0 bridgehead atoms. The molecule has 0 heterocycles. The summed E-state index contributed by atoms with van der Waals surface area (Å²) in [6.07, 6.45) is 0.302. The van der Waals surface area contributed by atoms with Crippen molar-refractivity contribution in [2.45, 2.75) is 19.4 Å². The van der Waals surface area contributed by atoms with E-state index in [1.54, 1.807) is 12.1 Å². The summed E-state index contributed by atoms with van der Waals surface area (Å²) < 4.78 is 0. The van der Waals surface area contributed by atoms with Crippen LogP contribution in [0.2, 0.25) is 0 Å². The fourth-order valence-corrected chi connectivity index (χ4v) is 1.59. The predicted molar refractivity (Wildman–Crippen MR) is 68.5 cm³/mol. The van der Waals surface area contributed by atoms with Crippen LogP contribution in [-0.4, -0.2) is 28.8 Å². The number of aliphatic carboxylic acids is 1. The summed E-state index contributed by atoms with van der Waals surface area (Å²) >= 11 is 3.96. The number of amides is 1. The number of carboxylic acids is 1. The van der Waals surface area contributed by atoms with Gasteiger partial charge in [0.15, 0.2) is 0 Å². The second-order valence-electron chi connectivity index (χ2n) is 3.74. The van der Waals surface area contributed by atoms with Gasteiger partial charge in [-0.15, -0.1) is 0 Å². The number of thiol groups is 1. The van der Waals surface area contributed by atoms with Crippen LogP contribution in [0, 0.1) is 6.92 Å². The Balaban J connectivity index is 2.70. The van der Waals surface area contributed by atoms with E-state index in [1.807, 2.05) is 19.1 Å². The molecule has 1 aromatic carbocycles. The number of benzene rings is 1. The van der Waals surface area contributed by atoms with Crippen LogP contribution in [0.4, 0.5) is 0 Å². The van der Waals surface area contributed by atoms with Gasteiger partial charge < -0.3 is 10.4 Å². The Morgan fingerprint density at radius 3 is 2.41 bits per heavy atom. The van der Waals surface area contributed by atoms with Crippen LogP contribution in [-0.2, 0) is 4.79 Å². The molecule has 17 heavy (non-hydrogen) atoms. The maximum absolute atomic E-state index is 11.7. The lowest BCUT2D eigenvalue weighted by atomic mass is 10.1. The van der Waals surface area contributed by atoms with Gasteiger partial charge in [-0.3, -0.25) is 4.79 Å². The Bertz CT molecular complexity index is 403. The molecule has 0 aliphatic rings. The van der Waals surface area contributed by atoms with E-state index in [0.717, 1.165) is 5.56 Å². The lowest BCUT2D eigenvalue weighted by Crippen LogP contribution is -2.41. The lowest BCUT2D eigenvalue weighted by Gasteiger charge is -2.13. The van der Waals surface area contributed by atoms with Crippen molar-refractivity contribution in [2.24, 2.45) is 0 Å². The Labute approximate surface area is 105 Å². The molecule has 0 radical (unpaired) electrons. The number of nitrogens with one attached hydrogen (secondary N) is 1. The number of hydrogen-bond acceptors (Lipinski definition) is 3. The third-order valence-corrected chi connectivity index (χ3v) is 2.59. The van der Waals surface area contributed by atoms with Gasteiger partial charge in [0.1, 0.15) is 6.04 Å². The highest BCUT2D eigenvalue weighted by Gasteiger charge is 2.19. The average Bonchev–Trinajstić information content (AvgIpc) is 2.29. The first kappa shape index (κ1) is 13.6. The van der Waals surface area contributed by atoms with Gasteiger partial charge >= 0.3 is 5.97 Å². The lowest BCUT2D eigenvalue weighted by molar-refractivity contribution is -0.139. The number of carbonyl (C=O) groups is 2. The Kier molecular flexibility index (Phi) is 5.03. The van der Waals surface area contributed by atoms with Crippen LogP contribution in [0.1, 0.15) is 22.3 Å². The van der Waals surface area contributed by atoms with E-state index in [1.165, 1.54) is 0 Å². The molecule has 2 N–H and O–H groups in total. The summed E-state index contributed by atoms with van der Waals surface area (Å²) in [7, 11) is 0. The third kappa shape index (κ3) is 4.11. The first-order chi connectivity index (χ1) is 8.04. The van der Waals surface area contributed by atoms with Gasteiger partial charge in [0.2, 0.25) is 0 Å². The first-order valence-electron chi connectivity index (χ1n) is 5.26. The molecule has 1 unspecified atom stereocenters. The van der Waals surface area contributed by atoms with Crippen molar-refractivity contribution in [3.63, 3.8) is 0 Å². The molecule has 1 aromatic rings. The summed E-state index contributed by atoms with van der Waals surface area (Å²) in [6.45, 7) is 1.92. The van der Waals surface area contributed by atoms with Gasteiger partial charge in [0.05, 0.1) is 0 Å². The summed E-state index contributed by atoms with van der Waals surface area (Å²) in [5.74, 6) is -1.01. The van der Waals surface area contributed by atoms with Crippen molar-refractivity contribution >= 4 is 24.5 Å². The highest BCUT2D eigenvalue weighted by molar-refractivity contribution is 7.80. The molecule has 92 valence electrons. The predicted octanol–water partition coefficient (Wildman–Crippen LogP) is 1.50. The van der Waals surface area contributed by atoms with Crippen molar-refractivity contribution in [1.29, 1.82) is 0 Å². The van der Waals surface area contributed by atoms with Crippen molar-refractivity contribution in [2.75, 3.05) is 5.75 Å². The van der Waals surface area contributed by atoms with E-state index in [2.05, 4.69) is 17.9 Å². The summed E-state index contributed by atoms with van der Waals surface area (Å²) in [6, 6.07) is 6.07. The maximum atomic E-state index is 11.7. The Morgan fingerprint density at radius 1 is 1.35 bits per heavy atom. The largest absolute Gasteiger partial charge is 0.480 e. The number of carboxylic acid groups (broad SMARTS) is 1. The SMILES string of the molecule is Cc1ccc(C(=O)NC(CCS)C(=O)O)cc1. The van der Waals surface area contributed by atoms with E-state index in [0.29, 0.717) is 17.7 Å². The number of aryl methyl sites for hydroxylation is 1. The van der Waals surface area contributed by atoms with Crippen molar-refractivity contribution in [1.82, 2.24) is 5.32 Å². The summed E-state index contributed by atoms with van der Waals surface area (Å²) in [4.78, 5) is 22.6. The van der Waals surface area contributed by atoms with Gasteiger partial charge in [0, 0.05) is 5.56 Å². The molecule has 1 rings (SSSR count). The van der Waals surface area contributed by atoms with Gasteiger partial charge in [-0.1, -0.05) is 17.7 Å². The van der Waals surface area contributed by atoms with Crippen molar-refractivity contribution in [3.8, 4) is 0 Å². The molecule has 0 aliphatic carbocycles. The van der Waals surface area contributed by atoms with Crippen molar-refractivity contribution in [3.05, 3.63) is 35.4 Å². The molecule has 0 spiro atoms. The monoisotopic (exact) mass is 253 g/mol. The second kappa shape index (κ2) is 6.30. The smallest absolute Gasteiger partial charge is 0.326 e. The quantitative estimate of drug-likeness (QED) is 0.697. The normalized spacial score (nSPS) is 11.9. The zero-order chi connectivity index (χ0) is 12.8. The van der Waals surface area contributed by atoms with Gasteiger partial charge in [-0.25, -0.2) is 4.79 Å². The fourth-order valence-electron chi connectivity index (χ4n) is 1.33. The Morgan fingerprint density at radius 2 is 1.94 bits per heavy atom. The average molecular weight is 253 g/mol. The molecule has 0 fully saturated rings. The topological polar surface area (TPSA) is 66.4 Å². The standard InChI is InChI=1S/C12H15NO3S/c1-8-2-4-9(5-3-8)11(14)13-10(6-7-17)12(15)16/h2-5,10,17H,6-7H2,1H3,(H,13,14)(H,15,16). The second-order valence-corrected chi connectivity index (χ2v) is 4.19. The molecular formula is C12H15NO3S. The fraction of sp³-hybridized carbons (Fsp3) is 0.333. The first-order valence-corrected chi connectivity index (χ1v) is 5.89. The van der Waals surface area contributed by atoms with Gasteiger partial charge in [-0.2, -0.15) is 12.6 Å². The number of hydrogen-bond donors (Lipinski definition) is 3. The van der Waals surface area contributed by atoms with Crippen LogP contribution in [0.15, 0.2) is 24.3 Å². The van der Waals surface area contributed by atoms with Gasteiger partial charge in [0.25, 0.3) is 5.91 Å². The highest BCUT2D eigenvalue weighted by atomic mass is 32.1. The number of rotatable bonds is 5. The van der Waals surface area contributed by atoms with Gasteiger partial charge in [-0.05, 0) is 31.2 Å². The minimum absolute atomic E-state index is 0.302. The van der Waals surface area contributed by atoms with Crippen LogP contribution >= 0.6 is 12.6 Å².